The van der Waals surface area contributed by atoms with Crippen molar-refractivity contribution in [2.24, 2.45) is 5.73 Å². The van der Waals surface area contributed by atoms with Crippen molar-refractivity contribution in [1.82, 2.24) is 0 Å². The maximum absolute atomic E-state index is 9.55. The highest BCUT2D eigenvalue weighted by Gasteiger charge is 1.88. The second-order valence-electron chi connectivity index (χ2n) is 1.89. The first-order valence-corrected chi connectivity index (χ1v) is 3.37. The van der Waals surface area contributed by atoms with Crippen LogP contribution in [0.15, 0.2) is 12.2 Å². The molecule has 0 saturated carbocycles. The Morgan fingerprint density at radius 2 is 1.54 bits per heavy atom. The molecule has 0 aliphatic rings. The molecule has 0 radical (unpaired) electrons. The number of nitrogens with two attached hydrogens (primary N) is 1. The van der Waals surface area contributed by atoms with Crippen molar-refractivity contribution in [3.8, 4) is 0 Å². The number of carboxylic acids is 2. The summed E-state index contributed by atoms with van der Waals surface area (Å²) in [5.74, 6) is -2.26. The summed E-state index contributed by atoms with van der Waals surface area (Å²) in [7, 11) is 0. The van der Waals surface area contributed by atoms with Crippen molar-refractivity contribution in [3.63, 3.8) is 0 Å². The minimum Gasteiger partial charge on any atom is -0.478 e. The lowest BCUT2D eigenvalue weighted by molar-refractivity contribution is -0.134. The molecule has 0 amide bonds. The topological polar surface area (TPSA) is 124 Å². The van der Waals surface area contributed by atoms with Gasteiger partial charge in [-0.15, -0.1) is 0 Å². The molecule has 0 aromatic rings. The van der Waals surface area contributed by atoms with Crippen LogP contribution in [0.5, 0.6) is 0 Å². The summed E-state index contributed by atoms with van der Waals surface area (Å²) in [6, 6.07) is 0. The third kappa shape index (κ3) is 25.4. The zero-order valence-corrected chi connectivity index (χ0v) is 7.15. The molecule has 6 heteroatoms. The smallest absolute Gasteiger partial charge is 0.328 e. The quantitative estimate of drug-likeness (QED) is 0.283. The molecule has 0 atom stereocenters. The molecule has 13 heavy (non-hydrogen) atoms. The second kappa shape index (κ2) is 8.25. The number of nitrogens with one attached hydrogen (secondary N) is 1. The first-order valence-electron chi connectivity index (χ1n) is 3.37. The molecule has 0 aromatic carbocycles. The number of aliphatic carboxylic acids is 2. The molecule has 6 nitrogen and oxygen atoms in total. The van der Waals surface area contributed by atoms with Crippen molar-refractivity contribution in [1.29, 1.82) is 5.41 Å². The monoisotopic (exact) mass is 188 g/mol. The Morgan fingerprint density at radius 3 is 1.62 bits per heavy atom. The molecule has 0 spiro atoms. The van der Waals surface area contributed by atoms with E-state index in [-0.39, 0.29) is 5.84 Å². The van der Waals surface area contributed by atoms with E-state index in [0.29, 0.717) is 18.6 Å². The zero-order valence-electron chi connectivity index (χ0n) is 7.15. The molecular formula is C7H12N2O4. The number of rotatable bonds is 3. The minimum absolute atomic E-state index is 0.255. The van der Waals surface area contributed by atoms with E-state index in [0.717, 1.165) is 0 Å². The van der Waals surface area contributed by atoms with E-state index >= 15 is 0 Å². The lowest BCUT2D eigenvalue weighted by atomic mass is 10.5. The maximum atomic E-state index is 9.55. The van der Waals surface area contributed by atoms with Gasteiger partial charge in [-0.2, -0.15) is 0 Å². The van der Waals surface area contributed by atoms with E-state index in [2.05, 4.69) is 0 Å². The number of carboxylic acid groups (broad SMARTS) is 2. The van der Waals surface area contributed by atoms with Crippen LogP contribution in [0.25, 0.3) is 0 Å². The summed E-state index contributed by atoms with van der Waals surface area (Å²) in [5.41, 5.74) is 4.88. The Labute approximate surface area is 75.2 Å². The van der Waals surface area contributed by atoms with Gasteiger partial charge in [-0.05, 0) is 0 Å². The van der Waals surface area contributed by atoms with Gasteiger partial charge in [0.05, 0.1) is 5.84 Å². The van der Waals surface area contributed by atoms with Crippen LogP contribution >= 0.6 is 0 Å². The van der Waals surface area contributed by atoms with Crippen LogP contribution in [-0.2, 0) is 9.59 Å². The predicted molar refractivity (Wildman–Crippen MR) is 46.6 cm³/mol. The van der Waals surface area contributed by atoms with Crippen LogP contribution < -0.4 is 5.73 Å². The highest BCUT2D eigenvalue weighted by Crippen LogP contribution is 1.70. The molecule has 0 unspecified atom stereocenters. The van der Waals surface area contributed by atoms with Crippen LogP contribution in [0.1, 0.15) is 13.3 Å². The van der Waals surface area contributed by atoms with Gasteiger partial charge in [0, 0.05) is 18.6 Å². The fraction of sp³-hybridized carbons (Fsp3) is 0.286. The van der Waals surface area contributed by atoms with Crippen molar-refractivity contribution in [2.75, 3.05) is 0 Å². The van der Waals surface area contributed by atoms with Crippen molar-refractivity contribution in [3.05, 3.63) is 12.2 Å². The molecule has 74 valence electrons. The van der Waals surface area contributed by atoms with Crippen LogP contribution in [-0.4, -0.2) is 28.0 Å². The molecule has 0 aromatic heterocycles. The molecule has 0 saturated heterocycles. The zero-order chi connectivity index (χ0) is 10.9. The number of amidine groups is 1. The van der Waals surface area contributed by atoms with E-state index in [9.17, 15) is 9.59 Å². The summed E-state index contributed by atoms with van der Waals surface area (Å²) in [5, 5.41) is 22.1. The highest BCUT2D eigenvalue weighted by molar-refractivity contribution is 5.89. The molecule has 5 N–H and O–H groups in total. The van der Waals surface area contributed by atoms with Gasteiger partial charge < -0.3 is 15.9 Å². The van der Waals surface area contributed by atoms with Gasteiger partial charge in [0.1, 0.15) is 0 Å². The van der Waals surface area contributed by atoms with Crippen LogP contribution in [0.2, 0.25) is 0 Å². The third-order valence-electron chi connectivity index (χ3n) is 0.749. The summed E-state index contributed by atoms with van der Waals surface area (Å²) < 4.78 is 0. The van der Waals surface area contributed by atoms with Crippen LogP contribution in [0.4, 0.5) is 0 Å². The normalized spacial score (nSPS) is 8.69. The summed E-state index contributed by atoms with van der Waals surface area (Å²) in [4.78, 5) is 19.1. The van der Waals surface area contributed by atoms with E-state index in [1.807, 2.05) is 6.92 Å². The van der Waals surface area contributed by atoms with Gasteiger partial charge in [-0.25, -0.2) is 9.59 Å². The minimum atomic E-state index is -1.26. The van der Waals surface area contributed by atoms with Crippen molar-refractivity contribution < 1.29 is 19.8 Å². The molecule has 0 fully saturated rings. The van der Waals surface area contributed by atoms with Crippen LogP contribution in [0.3, 0.4) is 0 Å². The Morgan fingerprint density at radius 1 is 1.31 bits per heavy atom. The average Bonchev–Trinajstić information content (AvgIpc) is 2.02. The summed E-state index contributed by atoms with van der Waals surface area (Å²) >= 11 is 0. The van der Waals surface area contributed by atoms with Gasteiger partial charge in [0.25, 0.3) is 0 Å². The predicted octanol–water partition coefficient (Wildman–Crippen LogP) is 0.0442. The summed E-state index contributed by atoms with van der Waals surface area (Å²) in [6.45, 7) is 1.85. The Hall–Kier alpha value is -1.85. The number of carbonyl (C=O) groups is 2. The maximum Gasteiger partial charge on any atom is 0.328 e. The molecule has 0 bridgehead atoms. The first kappa shape index (κ1) is 13.7. The second-order valence-corrected chi connectivity index (χ2v) is 1.89. The van der Waals surface area contributed by atoms with E-state index in [4.69, 9.17) is 21.4 Å². The van der Waals surface area contributed by atoms with Gasteiger partial charge >= 0.3 is 11.9 Å². The largest absolute Gasteiger partial charge is 0.478 e. The molecule has 0 aliphatic carbocycles. The molecule has 0 heterocycles. The summed E-state index contributed by atoms with van der Waals surface area (Å²) in [6.07, 6.45) is 1.78. The van der Waals surface area contributed by atoms with Gasteiger partial charge in [-0.3, -0.25) is 5.41 Å². The van der Waals surface area contributed by atoms with Crippen LogP contribution in [0, 0.1) is 5.41 Å². The fourth-order valence-corrected chi connectivity index (χ4v) is 0.143. The molecule has 0 rings (SSSR count). The van der Waals surface area contributed by atoms with E-state index < -0.39 is 11.9 Å². The standard InChI is InChI=1S/C4H4O4.C3H8N2/c5-3(6)1-2-4(7)8;1-2-3(4)5/h1-2H,(H,5,6)(H,7,8);2H2,1H3,(H3,4,5)/b2-1-;. The first-order chi connectivity index (χ1) is 5.90. The molecule has 0 aliphatic heterocycles. The van der Waals surface area contributed by atoms with Gasteiger partial charge in [0.15, 0.2) is 0 Å². The SMILES string of the molecule is CCC(=N)N.O=C(O)/C=C\C(=O)O. The Bertz CT molecular complexity index is 207. The third-order valence-corrected chi connectivity index (χ3v) is 0.749. The van der Waals surface area contributed by atoms with E-state index in [1.165, 1.54) is 0 Å². The lowest BCUT2D eigenvalue weighted by Crippen LogP contribution is -2.05. The van der Waals surface area contributed by atoms with Gasteiger partial charge in [-0.1, -0.05) is 6.92 Å². The Kier molecular flexibility index (Phi) is 8.71. The molecular weight excluding hydrogens is 176 g/mol. The van der Waals surface area contributed by atoms with Gasteiger partial charge in [0.2, 0.25) is 0 Å². The van der Waals surface area contributed by atoms with E-state index in [1.54, 1.807) is 0 Å². The average molecular weight is 188 g/mol. The number of hydrogen-bond donors (Lipinski definition) is 4. The number of hydrogen-bond acceptors (Lipinski definition) is 3. The fourth-order valence-electron chi connectivity index (χ4n) is 0.143. The highest BCUT2D eigenvalue weighted by atomic mass is 16.4. The lowest BCUT2D eigenvalue weighted by Gasteiger charge is -1.79. The Balaban J connectivity index is 0. The van der Waals surface area contributed by atoms with Crippen molar-refractivity contribution in [2.45, 2.75) is 13.3 Å². The van der Waals surface area contributed by atoms with Crippen molar-refractivity contribution >= 4 is 17.8 Å².